The van der Waals surface area contributed by atoms with Crippen molar-refractivity contribution in [3.05, 3.63) is 52.0 Å². The first-order valence-corrected chi connectivity index (χ1v) is 5.77. The van der Waals surface area contributed by atoms with Gasteiger partial charge in [0.15, 0.2) is 5.65 Å². The molecule has 7 heteroatoms. The second-order valence-corrected chi connectivity index (χ2v) is 4.42. The fourth-order valence-electron chi connectivity index (χ4n) is 1.65. The van der Waals surface area contributed by atoms with E-state index in [1.807, 2.05) is 12.1 Å². The van der Waals surface area contributed by atoms with Crippen molar-refractivity contribution in [3.8, 4) is 11.1 Å². The highest BCUT2D eigenvalue weighted by Crippen LogP contribution is 2.21. The van der Waals surface area contributed by atoms with Gasteiger partial charge in [0.25, 0.3) is 0 Å². The largest absolute Gasteiger partial charge is 0.382 e. The Balaban J connectivity index is 2.19. The molecule has 5 nitrogen and oxygen atoms in total. The first-order chi connectivity index (χ1) is 8.65. The summed E-state index contributed by atoms with van der Waals surface area (Å²) in [6, 6.07) is 9.04. The zero-order valence-electron chi connectivity index (χ0n) is 8.92. The maximum atomic E-state index is 11.5. The van der Waals surface area contributed by atoms with Crippen LogP contribution in [0.3, 0.4) is 0 Å². The fourth-order valence-corrected chi connectivity index (χ4v) is 1.92. The quantitative estimate of drug-likeness (QED) is 0.687. The molecule has 3 aromatic rings. The van der Waals surface area contributed by atoms with Gasteiger partial charge in [-0.2, -0.15) is 9.61 Å². The van der Waals surface area contributed by atoms with Crippen LogP contribution in [-0.2, 0) is 0 Å². The second-order valence-electron chi connectivity index (χ2n) is 3.66. The molecule has 0 amide bonds. The van der Waals surface area contributed by atoms with Crippen LogP contribution in [0, 0.1) is 0 Å². The van der Waals surface area contributed by atoms with Crippen LogP contribution in [0.5, 0.6) is 0 Å². The monoisotopic (exact) mass is 280 g/mol. The highest BCUT2D eigenvalue weighted by molar-refractivity contribution is 6.30. The van der Waals surface area contributed by atoms with Crippen LogP contribution in [-0.4, -0.2) is 18.9 Å². The Bertz CT molecular complexity index is 776. The minimum Gasteiger partial charge on any atom is -0.242 e. The van der Waals surface area contributed by atoms with Gasteiger partial charge in [-0.3, -0.25) is 0 Å². The number of rotatable bonds is 1. The maximum Gasteiger partial charge on any atom is 0.382 e. The third-order valence-corrected chi connectivity index (χ3v) is 2.99. The topological polar surface area (TPSA) is 52.2 Å². The van der Waals surface area contributed by atoms with Gasteiger partial charge < -0.3 is 0 Å². The van der Waals surface area contributed by atoms with Crippen LogP contribution in [0.4, 0.5) is 0 Å². The van der Waals surface area contributed by atoms with E-state index in [0.29, 0.717) is 10.7 Å². The van der Waals surface area contributed by atoms with Crippen LogP contribution in [0.1, 0.15) is 0 Å². The average Bonchev–Trinajstić information content (AvgIpc) is 2.65. The SMILES string of the molecule is O=c1n(Cl)nc2cc(-c3ccc(Cl)cc3)cnn12. The molecule has 2 heterocycles. The van der Waals surface area contributed by atoms with Gasteiger partial charge >= 0.3 is 5.69 Å². The van der Waals surface area contributed by atoms with Crippen LogP contribution < -0.4 is 5.69 Å². The molecule has 0 saturated heterocycles. The molecule has 0 atom stereocenters. The van der Waals surface area contributed by atoms with E-state index >= 15 is 0 Å². The Hall–Kier alpha value is -1.85. The Kier molecular flexibility index (Phi) is 2.57. The van der Waals surface area contributed by atoms with Crippen molar-refractivity contribution < 1.29 is 0 Å². The van der Waals surface area contributed by atoms with Gasteiger partial charge in [-0.1, -0.05) is 23.7 Å². The molecule has 0 fully saturated rings. The smallest absolute Gasteiger partial charge is 0.242 e. The minimum absolute atomic E-state index is 0.391. The lowest BCUT2D eigenvalue weighted by Crippen LogP contribution is -2.16. The molecule has 2 aromatic heterocycles. The van der Waals surface area contributed by atoms with E-state index in [-0.39, 0.29) is 0 Å². The number of benzene rings is 1. The molecule has 0 unspecified atom stereocenters. The van der Waals surface area contributed by atoms with Gasteiger partial charge in [0.05, 0.1) is 6.20 Å². The molecule has 0 bridgehead atoms. The predicted molar refractivity (Wildman–Crippen MR) is 68.9 cm³/mol. The van der Waals surface area contributed by atoms with Crippen LogP contribution in [0.2, 0.25) is 5.02 Å². The third-order valence-electron chi connectivity index (χ3n) is 2.52. The Morgan fingerprint density at radius 1 is 1.11 bits per heavy atom. The summed E-state index contributed by atoms with van der Waals surface area (Å²) in [6.07, 6.45) is 1.58. The number of hydrogen-bond donors (Lipinski definition) is 0. The highest BCUT2D eigenvalue weighted by Gasteiger charge is 2.07. The minimum atomic E-state index is -0.491. The first-order valence-electron chi connectivity index (χ1n) is 5.05. The van der Waals surface area contributed by atoms with Gasteiger partial charge in [-0.15, -0.1) is 9.30 Å². The summed E-state index contributed by atoms with van der Waals surface area (Å²) in [4.78, 5) is 11.5. The van der Waals surface area contributed by atoms with Crippen LogP contribution >= 0.6 is 23.4 Å². The molecule has 0 aliphatic rings. The van der Waals surface area contributed by atoms with Crippen molar-refractivity contribution in [1.29, 1.82) is 0 Å². The Morgan fingerprint density at radius 2 is 1.83 bits per heavy atom. The van der Waals surface area contributed by atoms with Gasteiger partial charge in [0.1, 0.15) is 0 Å². The van der Waals surface area contributed by atoms with E-state index in [0.717, 1.165) is 19.8 Å². The van der Waals surface area contributed by atoms with Crippen molar-refractivity contribution in [1.82, 2.24) is 18.9 Å². The third kappa shape index (κ3) is 1.77. The number of fused-ring (bicyclic) bond motifs is 1. The molecule has 0 spiro atoms. The van der Waals surface area contributed by atoms with Crippen molar-refractivity contribution in [2.45, 2.75) is 0 Å². The molecule has 3 rings (SSSR count). The molecular formula is C11H6Cl2N4O. The summed E-state index contributed by atoms with van der Waals surface area (Å²) in [5, 5.41) is 8.53. The van der Waals surface area contributed by atoms with Crippen molar-refractivity contribution in [2.24, 2.45) is 0 Å². The lowest BCUT2D eigenvalue weighted by molar-refractivity contribution is 0.857. The van der Waals surface area contributed by atoms with Crippen molar-refractivity contribution in [3.63, 3.8) is 0 Å². The van der Waals surface area contributed by atoms with Crippen LogP contribution in [0.25, 0.3) is 16.8 Å². The molecule has 0 saturated carbocycles. The standard InChI is InChI=1S/C11H6Cl2N4O/c12-9-3-1-7(2-4-9)8-5-10-15-17(13)11(18)16(10)14-6-8/h1-6H. The Morgan fingerprint density at radius 3 is 2.56 bits per heavy atom. The molecule has 0 N–H and O–H groups in total. The van der Waals surface area contributed by atoms with Crippen molar-refractivity contribution in [2.75, 3.05) is 0 Å². The van der Waals surface area contributed by atoms with E-state index in [1.165, 1.54) is 0 Å². The molecule has 90 valence electrons. The molecule has 0 radical (unpaired) electrons. The van der Waals surface area contributed by atoms with E-state index in [2.05, 4.69) is 10.2 Å². The second kappa shape index (κ2) is 4.12. The summed E-state index contributed by atoms with van der Waals surface area (Å²) in [5.74, 6) is 0. The van der Waals surface area contributed by atoms with Gasteiger partial charge in [0.2, 0.25) is 0 Å². The number of hydrogen-bond acceptors (Lipinski definition) is 3. The fraction of sp³-hybridized carbons (Fsp3) is 0. The molecule has 0 aliphatic carbocycles. The lowest BCUT2D eigenvalue weighted by Gasteiger charge is -2.00. The molecule has 0 aliphatic heterocycles. The van der Waals surface area contributed by atoms with Gasteiger partial charge in [0, 0.05) is 22.4 Å². The summed E-state index contributed by atoms with van der Waals surface area (Å²) in [5.41, 5.74) is 1.67. The van der Waals surface area contributed by atoms with Crippen molar-refractivity contribution >= 4 is 29.0 Å². The normalized spacial score (nSPS) is 11.0. The lowest BCUT2D eigenvalue weighted by atomic mass is 10.1. The number of halogens is 2. The summed E-state index contributed by atoms with van der Waals surface area (Å²) in [6.45, 7) is 0. The summed E-state index contributed by atoms with van der Waals surface area (Å²) < 4.78 is 1.86. The molecule has 1 aromatic carbocycles. The number of nitrogens with zero attached hydrogens (tertiary/aromatic N) is 4. The Labute approximate surface area is 111 Å². The highest BCUT2D eigenvalue weighted by atomic mass is 35.5. The zero-order valence-corrected chi connectivity index (χ0v) is 10.4. The number of aromatic nitrogens is 4. The average molecular weight is 281 g/mol. The molecule has 18 heavy (non-hydrogen) atoms. The summed E-state index contributed by atoms with van der Waals surface area (Å²) >= 11 is 11.4. The van der Waals surface area contributed by atoms with E-state index < -0.39 is 5.69 Å². The van der Waals surface area contributed by atoms with Gasteiger partial charge in [-0.25, -0.2) is 4.79 Å². The predicted octanol–water partition coefficient (Wildman–Crippen LogP) is 2.21. The summed E-state index contributed by atoms with van der Waals surface area (Å²) in [7, 11) is 0. The van der Waals surface area contributed by atoms with E-state index in [1.54, 1.807) is 24.4 Å². The first kappa shape index (κ1) is 11.3. The molecular weight excluding hydrogens is 275 g/mol. The maximum absolute atomic E-state index is 11.5. The van der Waals surface area contributed by atoms with Crippen LogP contribution in [0.15, 0.2) is 41.3 Å². The van der Waals surface area contributed by atoms with E-state index in [4.69, 9.17) is 23.4 Å². The zero-order chi connectivity index (χ0) is 12.7. The van der Waals surface area contributed by atoms with E-state index in [9.17, 15) is 4.79 Å². The van der Waals surface area contributed by atoms with Gasteiger partial charge in [-0.05, 0) is 23.8 Å².